The van der Waals surface area contributed by atoms with E-state index in [0.29, 0.717) is 31.1 Å². The predicted molar refractivity (Wildman–Crippen MR) is 84.1 cm³/mol. The minimum atomic E-state index is -0.399. The van der Waals surface area contributed by atoms with Gasteiger partial charge in [0.25, 0.3) is 0 Å². The second-order valence-corrected chi connectivity index (χ2v) is 4.88. The van der Waals surface area contributed by atoms with Crippen molar-refractivity contribution in [2.45, 2.75) is 13.5 Å². The fraction of sp³-hybridized carbons (Fsp3) is 0.278. The van der Waals surface area contributed by atoms with E-state index in [1.165, 1.54) is 7.11 Å². The highest BCUT2D eigenvalue weighted by Crippen LogP contribution is 2.20. The first kappa shape index (κ1) is 16.0. The molecular weight excluding hydrogens is 280 g/mol. The lowest BCUT2D eigenvalue weighted by Crippen LogP contribution is -2.10. The molecule has 0 spiro atoms. The Labute approximate surface area is 130 Å². The molecule has 0 saturated heterocycles. The number of aryl methyl sites for hydroxylation is 1. The van der Waals surface area contributed by atoms with Crippen molar-refractivity contribution in [3.8, 4) is 5.75 Å². The molecule has 2 aromatic rings. The second-order valence-electron chi connectivity index (χ2n) is 4.88. The highest BCUT2D eigenvalue weighted by Gasteiger charge is 2.13. The van der Waals surface area contributed by atoms with Crippen molar-refractivity contribution in [3.05, 3.63) is 65.2 Å². The molecule has 0 heterocycles. The van der Waals surface area contributed by atoms with Gasteiger partial charge in [-0.1, -0.05) is 42.0 Å². The van der Waals surface area contributed by atoms with E-state index in [4.69, 9.17) is 14.2 Å². The molecule has 4 nitrogen and oxygen atoms in total. The molecule has 0 bridgehead atoms. The van der Waals surface area contributed by atoms with Gasteiger partial charge in [-0.2, -0.15) is 0 Å². The van der Waals surface area contributed by atoms with Crippen molar-refractivity contribution in [2.75, 3.05) is 20.3 Å². The number of carbonyl (C=O) groups is 1. The fourth-order valence-corrected chi connectivity index (χ4v) is 2.01. The zero-order valence-electron chi connectivity index (χ0n) is 12.9. The summed E-state index contributed by atoms with van der Waals surface area (Å²) >= 11 is 0. The minimum Gasteiger partial charge on any atom is -0.490 e. The lowest BCUT2D eigenvalue weighted by Gasteiger charge is -2.11. The summed E-state index contributed by atoms with van der Waals surface area (Å²) in [5.74, 6) is 0.115. The van der Waals surface area contributed by atoms with Crippen LogP contribution >= 0.6 is 0 Å². The van der Waals surface area contributed by atoms with Crippen LogP contribution in [0.15, 0.2) is 48.5 Å². The Morgan fingerprint density at radius 3 is 2.55 bits per heavy atom. The van der Waals surface area contributed by atoms with E-state index < -0.39 is 5.97 Å². The third-order valence-electron chi connectivity index (χ3n) is 3.14. The number of rotatable bonds is 7. The number of methoxy groups -OCH3 is 1. The smallest absolute Gasteiger partial charge is 0.341 e. The molecule has 0 saturated carbocycles. The molecule has 0 aliphatic heterocycles. The summed E-state index contributed by atoms with van der Waals surface area (Å²) in [6.07, 6.45) is 0. The van der Waals surface area contributed by atoms with Gasteiger partial charge in [-0.15, -0.1) is 0 Å². The average Bonchev–Trinajstić information content (AvgIpc) is 2.56. The summed E-state index contributed by atoms with van der Waals surface area (Å²) in [5, 5.41) is 0. The number of hydrogen-bond acceptors (Lipinski definition) is 4. The summed E-state index contributed by atoms with van der Waals surface area (Å²) < 4.78 is 15.9. The van der Waals surface area contributed by atoms with Crippen LogP contribution in [-0.2, 0) is 16.1 Å². The van der Waals surface area contributed by atoms with E-state index >= 15 is 0 Å². The first-order valence-electron chi connectivity index (χ1n) is 7.14. The van der Waals surface area contributed by atoms with Crippen LogP contribution < -0.4 is 4.74 Å². The van der Waals surface area contributed by atoms with Crippen LogP contribution in [0, 0.1) is 6.92 Å². The van der Waals surface area contributed by atoms with Crippen LogP contribution in [0.3, 0.4) is 0 Å². The molecule has 0 aliphatic rings. The zero-order valence-corrected chi connectivity index (χ0v) is 12.9. The van der Waals surface area contributed by atoms with Crippen LogP contribution in [0.1, 0.15) is 21.5 Å². The molecule has 0 amide bonds. The summed E-state index contributed by atoms with van der Waals surface area (Å²) in [7, 11) is 1.36. The highest BCUT2D eigenvalue weighted by atomic mass is 16.5. The van der Waals surface area contributed by atoms with E-state index in [1.54, 1.807) is 12.1 Å². The van der Waals surface area contributed by atoms with Crippen molar-refractivity contribution < 1.29 is 19.0 Å². The number of carbonyl (C=O) groups excluding carboxylic acids is 1. The Bertz CT molecular complexity index is 608. The maximum Gasteiger partial charge on any atom is 0.341 e. The van der Waals surface area contributed by atoms with Gasteiger partial charge in [0, 0.05) is 0 Å². The van der Waals surface area contributed by atoms with Gasteiger partial charge in [-0.25, -0.2) is 4.79 Å². The molecule has 0 atom stereocenters. The lowest BCUT2D eigenvalue weighted by molar-refractivity contribution is 0.0589. The van der Waals surface area contributed by atoms with Crippen LogP contribution in [-0.4, -0.2) is 26.3 Å². The van der Waals surface area contributed by atoms with Gasteiger partial charge in [0.1, 0.15) is 17.9 Å². The van der Waals surface area contributed by atoms with Crippen molar-refractivity contribution in [3.63, 3.8) is 0 Å². The van der Waals surface area contributed by atoms with Crippen molar-refractivity contribution in [1.29, 1.82) is 0 Å². The Balaban J connectivity index is 1.83. The average molecular weight is 300 g/mol. The van der Waals surface area contributed by atoms with Crippen LogP contribution in [0.5, 0.6) is 5.75 Å². The SMILES string of the molecule is COC(=O)c1cc(C)ccc1OCCOCc1ccccc1. The van der Waals surface area contributed by atoms with E-state index in [1.807, 2.05) is 43.3 Å². The monoisotopic (exact) mass is 300 g/mol. The van der Waals surface area contributed by atoms with E-state index in [2.05, 4.69) is 0 Å². The van der Waals surface area contributed by atoms with E-state index in [9.17, 15) is 4.79 Å². The Hall–Kier alpha value is -2.33. The first-order valence-corrected chi connectivity index (χ1v) is 7.14. The topological polar surface area (TPSA) is 44.8 Å². The molecule has 0 aliphatic carbocycles. The largest absolute Gasteiger partial charge is 0.490 e. The maximum atomic E-state index is 11.7. The molecule has 2 aromatic carbocycles. The van der Waals surface area contributed by atoms with Gasteiger partial charge in [0.05, 0.1) is 20.3 Å². The van der Waals surface area contributed by atoms with Gasteiger partial charge >= 0.3 is 5.97 Å². The molecule has 116 valence electrons. The molecule has 0 unspecified atom stereocenters. The molecule has 0 N–H and O–H groups in total. The summed E-state index contributed by atoms with van der Waals surface area (Å²) in [6.45, 7) is 3.28. The Morgan fingerprint density at radius 1 is 1.05 bits per heavy atom. The Kier molecular flexibility index (Phi) is 5.98. The minimum absolute atomic E-state index is 0.375. The molecule has 0 radical (unpaired) electrons. The van der Waals surface area contributed by atoms with Crippen molar-refractivity contribution in [1.82, 2.24) is 0 Å². The molecular formula is C18H20O4. The van der Waals surface area contributed by atoms with Gasteiger partial charge in [0.15, 0.2) is 0 Å². The standard InChI is InChI=1S/C18H20O4/c1-14-8-9-17(16(12-14)18(19)20-2)22-11-10-21-13-15-6-4-3-5-7-15/h3-9,12H,10-11,13H2,1-2H3. The number of hydrogen-bond donors (Lipinski definition) is 0. The number of benzene rings is 2. The maximum absolute atomic E-state index is 11.7. The van der Waals surface area contributed by atoms with Gasteiger partial charge in [-0.05, 0) is 24.6 Å². The lowest BCUT2D eigenvalue weighted by atomic mass is 10.1. The Morgan fingerprint density at radius 2 is 1.82 bits per heavy atom. The van der Waals surface area contributed by atoms with Crippen LogP contribution in [0.25, 0.3) is 0 Å². The third-order valence-corrected chi connectivity index (χ3v) is 3.14. The zero-order chi connectivity index (χ0) is 15.8. The van der Waals surface area contributed by atoms with Crippen LogP contribution in [0.4, 0.5) is 0 Å². The molecule has 22 heavy (non-hydrogen) atoms. The first-order chi connectivity index (χ1) is 10.7. The van der Waals surface area contributed by atoms with Crippen LogP contribution in [0.2, 0.25) is 0 Å². The highest BCUT2D eigenvalue weighted by molar-refractivity contribution is 5.92. The van der Waals surface area contributed by atoms with Crippen molar-refractivity contribution in [2.24, 2.45) is 0 Å². The van der Waals surface area contributed by atoms with Gasteiger partial charge in [0.2, 0.25) is 0 Å². The molecule has 0 aromatic heterocycles. The molecule has 4 heteroatoms. The molecule has 2 rings (SSSR count). The molecule has 0 fully saturated rings. The van der Waals surface area contributed by atoms with Crippen molar-refractivity contribution >= 4 is 5.97 Å². The van der Waals surface area contributed by atoms with E-state index in [0.717, 1.165) is 11.1 Å². The summed E-state index contributed by atoms with van der Waals surface area (Å²) in [5.41, 5.74) is 2.53. The summed E-state index contributed by atoms with van der Waals surface area (Å²) in [4.78, 5) is 11.7. The normalized spacial score (nSPS) is 10.3. The van der Waals surface area contributed by atoms with Gasteiger partial charge in [-0.3, -0.25) is 0 Å². The second kappa shape index (κ2) is 8.20. The number of esters is 1. The third kappa shape index (κ3) is 4.60. The van der Waals surface area contributed by atoms with E-state index in [-0.39, 0.29) is 0 Å². The quantitative estimate of drug-likeness (QED) is 0.581. The number of ether oxygens (including phenoxy) is 3. The fourth-order valence-electron chi connectivity index (χ4n) is 2.01. The predicted octanol–water partition coefficient (Wildman–Crippen LogP) is 3.38. The van der Waals surface area contributed by atoms with Gasteiger partial charge < -0.3 is 14.2 Å². The summed E-state index contributed by atoms with van der Waals surface area (Å²) in [6, 6.07) is 15.4.